The molecule has 0 aliphatic rings. The molecule has 2 nitrogen and oxygen atoms in total. The Morgan fingerprint density at radius 3 is 1.71 bits per heavy atom. The zero-order valence-electron chi connectivity index (χ0n) is 13.2. The second-order valence-corrected chi connectivity index (χ2v) is 5.57. The number of hydrogen-bond donors (Lipinski definition) is 1. The number of rotatable bonds is 7. The highest BCUT2D eigenvalue weighted by molar-refractivity contribution is 5.48. The molecule has 0 radical (unpaired) electrons. The van der Waals surface area contributed by atoms with Gasteiger partial charge in [0.1, 0.15) is 0 Å². The van der Waals surface area contributed by atoms with Gasteiger partial charge < -0.3 is 10.6 Å². The van der Waals surface area contributed by atoms with Crippen molar-refractivity contribution in [2.24, 2.45) is 0 Å². The molecule has 0 bridgehead atoms. The molecule has 0 aliphatic heterocycles. The molecule has 0 saturated heterocycles. The molecule has 0 aromatic heterocycles. The van der Waals surface area contributed by atoms with Crippen LogP contribution in [0.5, 0.6) is 0 Å². The fraction of sp³-hybridized carbons (Fsp3) is 0.368. The molecule has 0 spiro atoms. The van der Waals surface area contributed by atoms with Crippen LogP contribution in [-0.4, -0.2) is 13.1 Å². The maximum atomic E-state index is 5.72. The van der Waals surface area contributed by atoms with Gasteiger partial charge in [-0.25, -0.2) is 0 Å². The zero-order chi connectivity index (χ0) is 15.1. The predicted octanol–water partition coefficient (Wildman–Crippen LogP) is 4.49. The molecule has 112 valence electrons. The Balaban J connectivity index is 2.05. The number of nitrogens with zero attached hydrogens (tertiary/aromatic N) is 1. The largest absolute Gasteiger partial charge is 0.399 e. The molecule has 2 aromatic carbocycles. The average molecular weight is 282 g/mol. The van der Waals surface area contributed by atoms with E-state index < -0.39 is 0 Å². The third-order valence-corrected chi connectivity index (χ3v) is 3.68. The Morgan fingerprint density at radius 2 is 1.24 bits per heavy atom. The highest BCUT2D eigenvalue weighted by Crippen LogP contribution is 2.18. The van der Waals surface area contributed by atoms with Crippen LogP contribution in [0.1, 0.15) is 37.8 Å². The third kappa shape index (κ3) is 4.52. The third-order valence-electron chi connectivity index (χ3n) is 3.68. The van der Waals surface area contributed by atoms with Gasteiger partial charge in [0.2, 0.25) is 0 Å². The molecule has 0 atom stereocenters. The summed E-state index contributed by atoms with van der Waals surface area (Å²) in [5.74, 6) is 0. The Bertz CT molecular complexity index is 522. The Labute approximate surface area is 128 Å². The molecule has 0 heterocycles. The number of benzene rings is 2. The van der Waals surface area contributed by atoms with E-state index in [1.54, 1.807) is 0 Å². The Kier molecular flexibility index (Phi) is 5.68. The minimum atomic E-state index is 0.823. The van der Waals surface area contributed by atoms with Crippen molar-refractivity contribution in [1.82, 2.24) is 0 Å². The second-order valence-electron chi connectivity index (χ2n) is 5.57. The molecule has 2 aromatic rings. The van der Waals surface area contributed by atoms with Crippen LogP contribution < -0.4 is 10.6 Å². The van der Waals surface area contributed by atoms with Gasteiger partial charge in [-0.2, -0.15) is 0 Å². The fourth-order valence-electron chi connectivity index (χ4n) is 2.61. The molecular weight excluding hydrogens is 256 g/mol. The van der Waals surface area contributed by atoms with Crippen LogP contribution in [0, 0.1) is 0 Å². The van der Waals surface area contributed by atoms with E-state index in [0.717, 1.165) is 25.2 Å². The van der Waals surface area contributed by atoms with Crippen molar-refractivity contribution in [1.29, 1.82) is 0 Å². The van der Waals surface area contributed by atoms with Crippen LogP contribution in [0.2, 0.25) is 0 Å². The molecule has 0 aliphatic carbocycles. The Hall–Kier alpha value is -1.96. The molecule has 21 heavy (non-hydrogen) atoms. The highest BCUT2D eigenvalue weighted by atomic mass is 15.1. The van der Waals surface area contributed by atoms with E-state index in [9.17, 15) is 0 Å². The van der Waals surface area contributed by atoms with Gasteiger partial charge in [0.05, 0.1) is 0 Å². The van der Waals surface area contributed by atoms with E-state index in [0.29, 0.717) is 0 Å². The van der Waals surface area contributed by atoms with Crippen molar-refractivity contribution in [3.05, 3.63) is 59.7 Å². The molecule has 0 amide bonds. The van der Waals surface area contributed by atoms with E-state index in [1.165, 1.54) is 29.7 Å². The first-order chi connectivity index (χ1) is 10.2. The number of nitrogen functional groups attached to an aromatic ring is 1. The van der Waals surface area contributed by atoms with E-state index in [4.69, 9.17) is 5.73 Å². The summed E-state index contributed by atoms with van der Waals surface area (Å²) in [4.78, 5) is 2.47. The standard InChI is InChI=1S/C19H26N2/c1-3-13-21(14-4-2)19-11-7-17(8-12-19)15-16-5-9-18(20)10-6-16/h5-12H,3-4,13-15,20H2,1-2H3. The van der Waals surface area contributed by atoms with E-state index in [2.05, 4.69) is 55.1 Å². The smallest absolute Gasteiger partial charge is 0.0366 e. The number of hydrogen-bond acceptors (Lipinski definition) is 2. The van der Waals surface area contributed by atoms with Crippen LogP contribution in [0.4, 0.5) is 11.4 Å². The van der Waals surface area contributed by atoms with Crippen molar-refractivity contribution >= 4 is 11.4 Å². The Morgan fingerprint density at radius 1 is 0.762 bits per heavy atom. The van der Waals surface area contributed by atoms with Crippen molar-refractivity contribution in [2.45, 2.75) is 33.1 Å². The number of nitrogens with two attached hydrogens (primary N) is 1. The van der Waals surface area contributed by atoms with Crippen LogP contribution in [0.3, 0.4) is 0 Å². The average Bonchev–Trinajstić information content (AvgIpc) is 2.50. The summed E-state index contributed by atoms with van der Waals surface area (Å²) in [5, 5.41) is 0. The molecule has 0 unspecified atom stereocenters. The molecular formula is C19H26N2. The first-order valence-corrected chi connectivity index (χ1v) is 7.91. The van der Waals surface area contributed by atoms with Gasteiger partial charge in [0.25, 0.3) is 0 Å². The van der Waals surface area contributed by atoms with E-state index in [1.807, 2.05) is 12.1 Å². The molecule has 2 rings (SSSR count). The highest BCUT2D eigenvalue weighted by Gasteiger charge is 2.04. The number of anilines is 2. The first kappa shape index (κ1) is 15.4. The summed E-state index contributed by atoms with van der Waals surface area (Å²) in [6, 6.07) is 17.1. The first-order valence-electron chi connectivity index (χ1n) is 7.91. The summed E-state index contributed by atoms with van der Waals surface area (Å²) >= 11 is 0. The topological polar surface area (TPSA) is 29.3 Å². The van der Waals surface area contributed by atoms with E-state index >= 15 is 0 Å². The lowest BCUT2D eigenvalue weighted by Crippen LogP contribution is -2.24. The molecule has 2 heteroatoms. The van der Waals surface area contributed by atoms with Crippen molar-refractivity contribution in [2.75, 3.05) is 23.7 Å². The summed E-state index contributed by atoms with van der Waals surface area (Å²) in [6.45, 7) is 6.73. The minimum absolute atomic E-state index is 0.823. The molecule has 2 N–H and O–H groups in total. The SMILES string of the molecule is CCCN(CCC)c1ccc(Cc2ccc(N)cc2)cc1. The van der Waals surface area contributed by atoms with Gasteiger partial charge in [-0.15, -0.1) is 0 Å². The monoisotopic (exact) mass is 282 g/mol. The minimum Gasteiger partial charge on any atom is -0.399 e. The van der Waals surface area contributed by atoms with Crippen LogP contribution in [-0.2, 0) is 6.42 Å². The normalized spacial score (nSPS) is 10.6. The van der Waals surface area contributed by atoms with Crippen LogP contribution in [0.15, 0.2) is 48.5 Å². The van der Waals surface area contributed by atoms with Crippen molar-refractivity contribution in [3.8, 4) is 0 Å². The lowest BCUT2D eigenvalue weighted by molar-refractivity contribution is 0.745. The second kappa shape index (κ2) is 7.72. The zero-order valence-corrected chi connectivity index (χ0v) is 13.2. The van der Waals surface area contributed by atoms with Gasteiger partial charge in [0.15, 0.2) is 0 Å². The molecule has 0 fully saturated rings. The van der Waals surface area contributed by atoms with Gasteiger partial charge in [-0.1, -0.05) is 38.1 Å². The quantitative estimate of drug-likeness (QED) is 0.758. The maximum Gasteiger partial charge on any atom is 0.0366 e. The van der Waals surface area contributed by atoms with Gasteiger partial charge >= 0.3 is 0 Å². The lowest BCUT2D eigenvalue weighted by atomic mass is 10.0. The van der Waals surface area contributed by atoms with Gasteiger partial charge in [0, 0.05) is 24.5 Å². The lowest BCUT2D eigenvalue weighted by Gasteiger charge is -2.24. The van der Waals surface area contributed by atoms with Crippen molar-refractivity contribution in [3.63, 3.8) is 0 Å². The fourth-order valence-corrected chi connectivity index (χ4v) is 2.61. The maximum absolute atomic E-state index is 5.72. The molecule has 0 saturated carbocycles. The predicted molar refractivity (Wildman–Crippen MR) is 92.9 cm³/mol. The van der Waals surface area contributed by atoms with Gasteiger partial charge in [-0.3, -0.25) is 0 Å². The summed E-state index contributed by atoms with van der Waals surface area (Å²) in [5.41, 5.74) is 10.5. The van der Waals surface area contributed by atoms with Crippen molar-refractivity contribution < 1.29 is 0 Å². The van der Waals surface area contributed by atoms with Crippen LogP contribution in [0.25, 0.3) is 0 Å². The summed E-state index contributed by atoms with van der Waals surface area (Å²) < 4.78 is 0. The summed E-state index contributed by atoms with van der Waals surface area (Å²) in [6.07, 6.45) is 3.34. The summed E-state index contributed by atoms with van der Waals surface area (Å²) in [7, 11) is 0. The van der Waals surface area contributed by atoms with Gasteiger partial charge in [-0.05, 0) is 54.7 Å². The van der Waals surface area contributed by atoms with Crippen LogP contribution >= 0.6 is 0 Å². The van der Waals surface area contributed by atoms with E-state index in [-0.39, 0.29) is 0 Å².